The van der Waals surface area contributed by atoms with E-state index in [-0.39, 0.29) is 11.7 Å². The largest absolute Gasteiger partial charge is 0.379 e. The second kappa shape index (κ2) is 4.64. The SMILES string of the molecule is COC1COC2(CCN(Cc3cnn(C)c3)C2)C1. The highest BCUT2D eigenvalue weighted by atomic mass is 16.6. The molecule has 1 aromatic heterocycles. The number of hydrogen-bond acceptors (Lipinski definition) is 4. The first kappa shape index (κ1) is 12.1. The molecule has 0 aliphatic carbocycles. The van der Waals surface area contributed by atoms with E-state index >= 15 is 0 Å². The highest BCUT2D eigenvalue weighted by Crippen LogP contribution is 2.36. The zero-order valence-electron chi connectivity index (χ0n) is 11.1. The number of hydrogen-bond donors (Lipinski definition) is 0. The van der Waals surface area contributed by atoms with E-state index in [0.717, 1.165) is 39.1 Å². The lowest BCUT2D eigenvalue weighted by atomic mass is 9.98. The lowest BCUT2D eigenvalue weighted by molar-refractivity contribution is 0.00634. The molecule has 3 heterocycles. The molecule has 18 heavy (non-hydrogen) atoms. The van der Waals surface area contributed by atoms with Gasteiger partial charge in [0.15, 0.2) is 0 Å². The van der Waals surface area contributed by atoms with Crippen molar-refractivity contribution in [3.63, 3.8) is 0 Å². The first-order valence-corrected chi connectivity index (χ1v) is 6.56. The van der Waals surface area contributed by atoms with Gasteiger partial charge >= 0.3 is 0 Å². The van der Waals surface area contributed by atoms with E-state index in [0.29, 0.717) is 0 Å². The number of aryl methyl sites for hydroxylation is 1. The second-order valence-corrected chi connectivity index (χ2v) is 5.54. The summed E-state index contributed by atoms with van der Waals surface area (Å²) in [4.78, 5) is 2.45. The van der Waals surface area contributed by atoms with Crippen molar-refractivity contribution in [2.45, 2.75) is 31.1 Å². The van der Waals surface area contributed by atoms with Gasteiger partial charge < -0.3 is 9.47 Å². The monoisotopic (exact) mass is 251 g/mol. The Hall–Kier alpha value is -0.910. The molecule has 0 bridgehead atoms. The summed E-state index contributed by atoms with van der Waals surface area (Å²) in [7, 11) is 3.73. The average molecular weight is 251 g/mol. The molecule has 2 saturated heterocycles. The molecule has 2 aliphatic heterocycles. The van der Waals surface area contributed by atoms with Crippen LogP contribution in [0.4, 0.5) is 0 Å². The van der Waals surface area contributed by atoms with Crippen LogP contribution in [0.25, 0.3) is 0 Å². The molecule has 0 saturated carbocycles. The fourth-order valence-electron chi connectivity index (χ4n) is 3.11. The van der Waals surface area contributed by atoms with Gasteiger partial charge in [0.05, 0.1) is 24.5 Å². The normalized spacial score (nSPS) is 32.7. The summed E-state index contributed by atoms with van der Waals surface area (Å²) in [6.45, 7) is 3.83. The topological polar surface area (TPSA) is 39.5 Å². The number of likely N-dealkylation sites (tertiary alicyclic amines) is 1. The molecule has 5 heteroatoms. The van der Waals surface area contributed by atoms with Crippen molar-refractivity contribution in [1.29, 1.82) is 0 Å². The van der Waals surface area contributed by atoms with Gasteiger partial charge in [-0.1, -0.05) is 0 Å². The summed E-state index contributed by atoms with van der Waals surface area (Å²) in [5.41, 5.74) is 1.32. The fraction of sp³-hybridized carbons (Fsp3) is 0.769. The standard InChI is InChI=1S/C13H21N3O2/c1-15-7-11(6-14-15)8-16-4-3-13(10-16)5-12(17-2)9-18-13/h6-7,12H,3-5,8-10H2,1-2H3. The van der Waals surface area contributed by atoms with E-state index in [1.807, 2.05) is 17.9 Å². The molecule has 1 aromatic rings. The quantitative estimate of drug-likeness (QED) is 0.796. The van der Waals surface area contributed by atoms with Gasteiger partial charge in [-0.25, -0.2) is 0 Å². The Morgan fingerprint density at radius 1 is 1.61 bits per heavy atom. The maximum Gasteiger partial charge on any atom is 0.0847 e. The van der Waals surface area contributed by atoms with Gasteiger partial charge in [0.25, 0.3) is 0 Å². The zero-order chi connectivity index (χ0) is 12.6. The van der Waals surface area contributed by atoms with Crippen LogP contribution in [0.5, 0.6) is 0 Å². The Labute approximate surface area is 108 Å². The van der Waals surface area contributed by atoms with Crippen molar-refractivity contribution in [1.82, 2.24) is 14.7 Å². The second-order valence-electron chi connectivity index (χ2n) is 5.54. The van der Waals surface area contributed by atoms with Gasteiger partial charge in [-0.3, -0.25) is 9.58 Å². The first-order valence-electron chi connectivity index (χ1n) is 6.56. The molecule has 3 rings (SSSR count). The Bertz CT molecular complexity index is 420. The van der Waals surface area contributed by atoms with E-state index in [2.05, 4.69) is 16.2 Å². The van der Waals surface area contributed by atoms with Gasteiger partial charge in [0, 0.05) is 52.0 Å². The van der Waals surface area contributed by atoms with Crippen LogP contribution < -0.4 is 0 Å². The number of rotatable bonds is 3. The van der Waals surface area contributed by atoms with E-state index < -0.39 is 0 Å². The Morgan fingerprint density at radius 2 is 2.50 bits per heavy atom. The molecule has 100 valence electrons. The van der Waals surface area contributed by atoms with Crippen LogP contribution in [-0.2, 0) is 23.1 Å². The van der Waals surface area contributed by atoms with Crippen LogP contribution in [0.2, 0.25) is 0 Å². The molecule has 0 N–H and O–H groups in total. The lowest BCUT2D eigenvalue weighted by Crippen LogP contribution is -2.32. The van der Waals surface area contributed by atoms with Crippen molar-refractivity contribution in [3.05, 3.63) is 18.0 Å². The number of aromatic nitrogens is 2. The van der Waals surface area contributed by atoms with E-state index in [9.17, 15) is 0 Å². The zero-order valence-corrected chi connectivity index (χ0v) is 11.1. The predicted molar refractivity (Wildman–Crippen MR) is 67.2 cm³/mol. The van der Waals surface area contributed by atoms with Gasteiger partial charge in [-0.2, -0.15) is 5.10 Å². The van der Waals surface area contributed by atoms with Crippen LogP contribution in [0, 0.1) is 0 Å². The van der Waals surface area contributed by atoms with Gasteiger partial charge in [0.2, 0.25) is 0 Å². The molecule has 0 aromatic carbocycles. The maximum atomic E-state index is 5.99. The van der Waals surface area contributed by atoms with Crippen LogP contribution in [0.1, 0.15) is 18.4 Å². The molecular formula is C13H21N3O2. The van der Waals surface area contributed by atoms with Gasteiger partial charge in [-0.05, 0) is 6.42 Å². The summed E-state index contributed by atoms with van der Waals surface area (Å²) in [6, 6.07) is 0. The summed E-state index contributed by atoms with van der Waals surface area (Å²) >= 11 is 0. The number of ether oxygens (including phenoxy) is 2. The Morgan fingerprint density at radius 3 is 3.17 bits per heavy atom. The fourth-order valence-corrected chi connectivity index (χ4v) is 3.11. The minimum atomic E-state index is 0.0445. The average Bonchev–Trinajstić information content (AvgIpc) is 3.04. The third-order valence-electron chi connectivity index (χ3n) is 4.07. The highest BCUT2D eigenvalue weighted by molar-refractivity contribution is 5.06. The van der Waals surface area contributed by atoms with Crippen LogP contribution >= 0.6 is 0 Å². The molecule has 2 aliphatic rings. The van der Waals surface area contributed by atoms with Crippen molar-refractivity contribution < 1.29 is 9.47 Å². The number of nitrogens with zero attached hydrogens (tertiary/aromatic N) is 3. The molecule has 1 spiro atoms. The third kappa shape index (κ3) is 2.30. The summed E-state index contributed by atoms with van der Waals surface area (Å²) < 4.78 is 13.2. The van der Waals surface area contributed by atoms with Crippen molar-refractivity contribution in [2.24, 2.45) is 7.05 Å². The molecule has 2 fully saturated rings. The summed E-state index contributed by atoms with van der Waals surface area (Å²) in [5.74, 6) is 0. The molecule has 2 unspecified atom stereocenters. The number of methoxy groups -OCH3 is 1. The van der Waals surface area contributed by atoms with E-state index in [1.165, 1.54) is 5.56 Å². The maximum absolute atomic E-state index is 5.99. The molecule has 5 nitrogen and oxygen atoms in total. The lowest BCUT2D eigenvalue weighted by Gasteiger charge is -2.23. The van der Waals surface area contributed by atoms with Crippen molar-refractivity contribution in [2.75, 3.05) is 26.8 Å². The minimum Gasteiger partial charge on any atom is -0.379 e. The third-order valence-corrected chi connectivity index (χ3v) is 4.07. The van der Waals surface area contributed by atoms with Gasteiger partial charge in [-0.15, -0.1) is 0 Å². The molecule has 0 radical (unpaired) electrons. The van der Waals surface area contributed by atoms with Gasteiger partial charge in [0.1, 0.15) is 0 Å². The van der Waals surface area contributed by atoms with E-state index in [1.54, 1.807) is 7.11 Å². The minimum absolute atomic E-state index is 0.0445. The van der Waals surface area contributed by atoms with Crippen LogP contribution in [0.15, 0.2) is 12.4 Å². The van der Waals surface area contributed by atoms with Crippen LogP contribution in [-0.4, -0.2) is 53.2 Å². The molecule has 2 atom stereocenters. The predicted octanol–water partition coefficient (Wildman–Crippen LogP) is 0.800. The summed E-state index contributed by atoms with van der Waals surface area (Å²) in [6.07, 6.45) is 6.46. The highest BCUT2D eigenvalue weighted by Gasteiger charge is 2.45. The summed E-state index contributed by atoms with van der Waals surface area (Å²) in [5, 5.41) is 4.21. The van der Waals surface area contributed by atoms with Crippen LogP contribution in [0.3, 0.4) is 0 Å². The molecular weight excluding hydrogens is 230 g/mol. The molecule has 0 amide bonds. The smallest absolute Gasteiger partial charge is 0.0847 e. The van der Waals surface area contributed by atoms with Crippen molar-refractivity contribution >= 4 is 0 Å². The van der Waals surface area contributed by atoms with Crippen molar-refractivity contribution in [3.8, 4) is 0 Å². The first-order chi connectivity index (χ1) is 8.69. The Balaban J connectivity index is 1.59. The van der Waals surface area contributed by atoms with E-state index in [4.69, 9.17) is 9.47 Å². The Kier molecular flexibility index (Phi) is 3.13.